The molecule has 126 valence electrons. The predicted octanol–water partition coefficient (Wildman–Crippen LogP) is 3.30. The highest BCUT2D eigenvalue weighted by molar-refractivity contribution is 5.45. The predicted molar refractivity (Wildman–Crippen MR) is 90.1 cm³/mol. The number of piperidine rings is 3. The summed E-state index contributed by atoms with van der Waals surface area (Å²) in [7, 11) is 0. The SMILES string of the molecule is Cc1c(C)c(C)c(C[C@]2(O)C3CC4C[C@H]2CN(C4)C3)c(F)c1C. The topological polar surface area (TPSA) is 23.5 Å². The van der Waals surface area contributed by atoms with E-state index < -0.39 is 5.60 Å². The molecule has 1 aromatic rings. The van der Waals surface area contributed by atoms with Gasteiger partial charge in [-0.1, -0.05) is 0 Å². The monoisotopic (exact) mass is 317 g/mol. The number of hydrogen-bond donors (Lipinski definition) is 1. The van der Waals surface area contributed by atoms with Crippen LogP contribution in [0.3, 0.4) is 0 Å². The Balaban J connectivity index is 1.74. The molecule has 3 heteroatoms. The van der Waals surface area contributed by atoms with Gasteiger partial charge in [-0.25, -0.2) is 4.39 Å². The molecule has 4 bridgehead atoms. The Hall–Kier alpha value is -0.930. The molecule has 3 saturated heterocycles. The standard InChI is InChI=1S/C20H28FNO/c1-11-12(2)14(4)19(21)18(13(11)3)7-20(23)16-5-15-6-17(20)10-22(8-15)9-16/h15-17,23H,5-10H2,1-4H3/t15?,16-,17?,20+/m0/s1. The zero-order valence-electron chi connectivity index (χ0n) is 14.7. The molecule has 3 aliphatic heterocycles. The Morgan fingerprint density at radius 3 is 2.09 bits per heavy atom. The highest BCUT2D eigenvalue weighted by Gasteiger charge is 2.56. The second-order valence-corrected chi connectivity index (χ2v) is 8.41. The van der Waals surface area contributed by atoms with Gasteiger partial charge in [-0.3, -0.25) is 0 Å². The summed E-state index contributed by atoms with van der Waals surface area (Å²) in [6, 6.07) is 0. The maximum Gasteiger partial charge on any atom is 0.129 e. The van der Waals surface area contributed by atoms with Crippen LogP contribution < -0.4 is 0 Å². The first kappa shape index (κ1) is 15.6. The summed E-state index contributed by atoms with van der Waals surface area (Å²) < 4.78 is 15.0. The Kier molecular flexibility index (Phi) is 3.41. The lowest BCUT2D eigenvalue weighted by Crippen LogP contribution is -2.67. The Bertz CT molecular complexity index is 609. The number of rotatable bonds is 2. The van der Waals surface area contributed by atoms with Crippen LogP contribution in [-0.2, 0) is 6.42 Å². The summed E-state index contributed by atoms with van der Waals surface area (Å²) in [5.41, 5.74) is 4.05. The molecule has 2 nitrogen and oxygen atoms in total. The third-order valence-corrected chi connectivity index (χ3v) is 7.32. The maximum atomic E-state index is 15.0. The average molecular weight is 317 g/mol. The summed E-state index contributed by atoms with van der Waals surface area (Å²) in [5, 5.41) is 11.5. The second kappa shape index (κ2) is 5.03. The van der Waals surface area contributed by atoms with E-state index in [4.69, 9.17) is 0 Å². The molecule has 5 rings (SSSR count). The molecule has 3 unspecified atom stereocenters. The van der Waals surface area contributed by atoms with Crippen molar-refractivity contribution < 1.29 is 9.50 Å². The van der Waals surface area contributed by atoms with Crippen LogP contribution in [0.4, 0.5) is 4.39 Å². The Morgan fingerprint density at radius 2 is 1.52 bits per heavy atom. The minimum Gasteiger partial charge on any atom is -0.389 e. The van der Waals surface area contributed by atoms with Gasteiger partial charge in [0, 0.05) is 37.9 Å². The van der Waals surface area contributed by atoms with Gasteiger partial charge in [0.15, 0.2) is 0 Å². The van der Waals surface area contributed by atoms with Crippen molar-refractivity contribution in [3.8, 4) is 0 Å². The summed E-state index contributed by atoms with van der Waals surface area (Å²) in [4.78, 5) is 2.51. The molecule has 1 aromatic carbocycles. The Labute approximate surface area is 138 Å². The zero-order valence-corrected chi connectivity index (χ0v) is 14.7. The van der Waals surface area contributed by atoms with E-state index in [0.29, 0.717) is 18.3 Å². The van der Waals surface area contributed by atoms with E-state index in [-0.39, 0.29) is 5.82 Å². The molecule has 0 spiro atoms. The third-order valence-electron chi connectivity index (χ3n) is 7.32. The number of aliphatic hydroxyl groups is 1. The minimum absolute atomic E-state index is 0.0897. The molecule has 4 aliphatic rings. The van der Waals surface area contributed by atoms with E-state index >= 15 is 0 Å². The van der Waals surface area contributed by atoms with Crippen molar-refractivity contribution in [3.63, 3.8) is 0 Å². The fourth-order valence-electron chi connectivity index (χ4n) is 5.60. The molecule has 3 heterocycles. The lowest BCUT2D eigenvalue weighted by Gasteiger charge is -2.60. The molecule has 4 fully saturated rings. The molecule has 5 atom stereocenters. The lowest BCUT2D eigenvalue weighted by molar-refractivity contribution is -0.182. The smallest absolute Gasteiger partial charge is 0.129 e. The van der Waals surface area contributed by atoms with Crippen molar-refractivity contribution in [2.45, 2.75) is 52.6 Å². The molecule has 1 aliphatic carbocycles. The first-order valence-corrected chi connectivity index (χ1v) is 9.00. The van der Waals surface area contributed by atoms with E-state index in [9.17, 15) is 9.50 Å². The highest BCUT2D eigenvalue weighted by atomic mass is 19.1. The van der Waals surface area contributed by atoms with Gasteiger partial charge < -0.3 is 10.0 Å². The van der Waals surface area contributed by atoms with E-state index in [1.807, 2.05) is 20.8 Å². The number of benzene rings is 1. The normalized spacial score (nSPS) is 38.3. The van der Waals surface area contributed by atoms with Gasteiger partial charge in [-0.05, 0) is 74.3 Å². The summed E-state index contributed by atoms with van der Waals surface area (Å²) in [6.45, 7) is 11.2. The number of hydrogen-bond acceptors (Lipinski definition) is 2. The van der Waals surface area contributed by atoms with Gasteiger partial charge in [-0.15, -0.1) is 0 Å². The average Bonchev–Trinajstić information content (AvgIpc) is 2.52. The fraction of sp³-hybridized carbons (Fsp3) is 0.700. The van der Waals surface area contributed by atoms with Crippen LogP contribution in [-0.4, -0.2) is 35.2 Å². The van der Waals surface area contributed by atoms with Crippen LogP contribution in [0, 0.1) is 51.3 Å². The van der Waals surface area contributed by atoms with Crippen molar-refractivity contribution >= 4 is 0 Å². The Morgan fingerprint density at radius 1 is 0.957 bits per heavy atom. The largest absolute Gasteiger partial charge is 0.389 e. The summed E-state index contributed by atoms with van der Waals surface area (Å²) in [5.74, 6) is 1.29. The third kappa shape index (κ3) is 2.12. The van der Waals surface area contributed by atoms with Crippen molar-refractivity contribution in [1.29, 1.82) is 0 Å². The first-order valence-electron chi connectivity index (χ1n) is 9.00. The van der Waals surface area contributed by atoms with Crippen molar-refractivity contribution in [2.24, 2.45) is 17.8 Å². The van der Waals surface area contributed by atoms with Crippen molar-refractivity contribution in [1.82, 2.24) is 4.90 Å². The van der Waals surface area contributed by atoms with Crippen LogP contribution >= 0.6 is 0 Å². The van der Waals surface area contributed by atoms with E-state index in [1.54, 1.807) is 0 Å². The fourth-order valence-corrected chi connectivity index (χ4v) is 5.60. The quantitative estimate of drug-likeness (QED) is 0.904. The lowest BCUT2D eigenvalue weighted by atomic mass is 9.57. The van der Waals surface area contributed by atoms with Gasteiger partial charge in [-0.2, -0.15) is 0 Å². The summed E-state index contributed by atoms with van der Waals surface area (Å²) >= 11 is 0. The van der Waals surface area contributed by atoms with E-state index in [2.05, 4.69) is 11.8 Å². The molecule has 0 aromatic heterocycles. The van der Waals surface area contributed by atoms with E-state index in [0.717, 1.165) is 54.1 Å². The molecule has 0 radical (unpaired) electrons. The molecule has 0 amide bonds. The van der Waals surface area contributed by atoms with Gasteiger partial charge in [0.1, 0.15) is 5.82 Å². The van der Waals surface area contributed by atoms with Gasteiger partial charge in [0.05, 0.1) is 5.60 Å². The number of halogens is 1. The molecular weight excluding hydrogens is 289 g/mol. The van der Waals surface area contributed by atoms with Crippen LogP contribution in [0.5, 0.6) is 0 Å². The van der Waals surface area contributed by atoms with Crippen LogP contribution in [0.1, 0.15) is 40.7 Å². The summed E-state index contributed by atoms with van der Waals surface area (Å²) in [6.07, 6.45) is 2.73. The number of nitrogens with zero attached hydrogens (tertiary/aromatic N) is 1. The molecule has 1 saturated carbocycles. The van der Waals surface area contributed by atoms with Crippen molar-refractivity contribution in [2.75, 3.05) is 19.6 Å². The van der Waals surface area contributed by atoms with Gasteiger partial charge >= 0.3 is 0 Å². The second-order valence-electron chi connectivity index (χ2n) is 8.41. The minimum atomic E-state index is -0.715. The molecule has 23 heavy (non-hydrogen) atoms. The van der Waals surface area contributed by atoms with Crippen LogP contribution in [0.25, 0.3) is 0 Å². The van der Waals surface area contributed by atoms with Crippen molar-refractivity contribution in [3.05, 3.63) is 33.6 Å². The van der Waals surface area contributed by atoms with Gasteiger partial charge in [0.2, 0.25) is 0 Å². The van der Waals surface area contributed by atoms with Crippen LogP contribution in [0.2, 0.25) is 0 Å². The molecular formula is C20H28FNO. The molecule has 1 N–H and O–H groups in total. The first-order chi connectivity index (χ1) is 10.8. The van der Waals surface area contributed by atoms with E-state index in [1.165, 1.54) is 12.1 Å². The maximum absolute atomic E-state index is 15.0. The highest BCUT2D eigenvalue weighted by Crippen LogP contribution is 2.51. The van der Waals surface area contributed by atoms with Gasteiger partial charge in [0.25, 0.3) is 0 Å². The van der Waals surface area contributed by atoms with Crippen LogP contribution in [0.15, 0.2) is 0 Å². The zero-order chi connectivity index (χ0) is 16.5.